The van der Waals surface area contributed by atoms with Crippen molar-refractivity contribution in [3.05, 3.63) is 65.0 Å². The van der Waals surface area contributed by atoms with Gasteiger partial charge < -0.3 is 10.4 Å². The van der Waals surface area contributed by atoms with Crippen LogP contribution in [-0.4, -0.2) is 16.0 Å². The van der Waals surface area contributed by atoms with Crippen LogP contribution in [0.2, 0.25) is 0 Å². The van der Waals surface area contributed by atoms with Crippen molar-refractivity contribution in [1.82, 2.24) is 10.3 Å². The second kappa shape index (κ2) is 6.11. The number of rotatable bonds is 4. The molecule has 0 bridgehead atoms. The van der Waals surface area contributed by atoms with E-state index >= 15 is 0 Å². The van der Waals surface area contributed by atoms with Gasteiger partial charge in [0.2, 0.25) is 0 Å². The van der Waals surface area contributed by atoms with Crippen LogP contribution in [-0.2, 0) is 13.2 Å². The summed E-state index contributed by atoms with van der Waals surface area (Å²) in [6.07, 6.45) is 1.62. The highest BCUT2D eigenvalue weighted by Crippen LogP contribution is 2.06. The Morgan fingerprint density at radius 3 is 2.79 bits per heavy atom. The zero-order valence-electron chi connectivity index (χ0n) is 10.8. The van der Waals surface area contributed by atoms with E-state index < -0.39 is 0 Å². The number of pyridine rings is 1. The summed E-state index contributed by atoms with van der Waals surface area (Å²) in [5.74, 6) is -0.125. The number of aliphatic hydroxyl groups is 1. The number of amides is 1. The largest absolute Gasteiger partial charge is 0.392 e. The number of benzene rings is 1. The van der Waals surface area contributed by atoms with E-state index in [1.807, 2.05) is 31.2 Å². The number of carbonyl (C=O) groups is 1. The Morgan fingerprint density at radius 2 is 2.05 bits per heavy atom. The Bertz CT molecular complexity index is 582. The molecule has 2 N–H and O–H groups in total. The minimum Gasteiger partial charge on any atom is -0.392 e. The summed E-state index contributed by atoms with van der Waals surface area (Å²) >= 11 is 0. The number of nitrogens with one attached hydrogen (secondary N) is 1. The summed E-state index contributed by atoms with van der Waals surface area (Å²) in [6.45, 7) is 2.29. The topological polar surface area (TPSA) is 62.2 Å². The SMILES string of the molecule is Cc1cc(C(=O)NCc2cccc(CO)c2)ccn1. The number of hydrogen-bond acceptors (Lipinski definition) is 3. The monoisotopic (exact) mass is 256 g/mol. The highest BCUT2D eigenvalue weighted by molar-refractivity contribution is 5.94. The van der Waals surface area contributed by atoms with Crippen molar-refractivity contribution in [3.63, 3.8) is 0 Å². The maximum Gasteiger partial charge on any atom is 0.251 e. The lowest BCUT2D eigenvalue weighted by atomic mass is 10.1. The molecule has 4 nitrogen and oxygen atoms in total. The van der Waals surface area contributed by atoms with E-state index in [0.29, 0.717) is 12.1 Å². The third-order valence-corrected chi connectivity index (χ3v) is 2.79. The highest BCUT2D eigenvalue weighted by atomic mass is 16.3. The number of aromatic nitrogens is 1. The van der Waals surface area contributed by atoms with Gasteiger partial charge in [0.05, 0.1) is 6.61 Å². The highest BCUT2D eigenvalue weighted by Gasteiger charge is 2.05. The van der Waals surface area contributed by atoms with Crippen LogP contribution in [0, 0.1) is 6.92 Å². The first-order chi connectivity index (χ1) is 9.19. The lowest BCUT2D eigenvalue weighted by Gasteiger charge is -2.07. The molecular formula is C15H16N2O2. The first-order valence-electron chi connectivity index (χ1n) is 6.08. The zero-order valence-corrected chi connectivity index (χ0v) is 10.8. The van der Waals surface area contributed by atoms with Crippen LogP contribution in [0.1, 0.15) is 27.2 Å². The Morgan fingerprint density at radius 1 is 1.26 bits per heavy atom. The first kappa shape index (κ1) is 13.2. The fraction of sp³-hybridized carbons (Fsp3) is 0.200. The van der Waals surface area contributed by atoms with Crippen molar-refractivity contribution in [2.75, 3.05) is 0 Å². The van der Waals surface area contributed by atoms with Crippen molar-refractivity contribution < 1.29 is 9.90 Å². The van der Waals surface area contributed by atoms with Gasteiger partial charge in [-0.15, -0.1) is 0 Å². The molecule has 0 aliphatic carbocycles. The number of nitrogens with zero attached hydrogens (tertiary/aromatic N) is 1. The number of carbonyl (C=O) groups excluding carboxylic acids is 1. The molecule has 0 fully saturated rings. The predicted molar refractivity (Wildman–Crippen MR) is 72.5 cm³/mol. The van der Waals surface area contributed by atoms with Crippen LogP contribution in [0.3, 0.4) is 0 Å². The Hall–Kier alpha value is -2.20. The van der Waals surface area contributed by atoms with Crippen LogP contribution in [0.15, 0.2) is 42.6 Å². The van der Waals surface area contributed by atoms with Crippen molar-refractivity contribution in [1.29, 1.82) is 0 Å². The third kappa shape index (κ3) is 3.63. The minimum atomic E-state index is -0.125. The van der Waals surface area contributed by atoms with E-state index in [-0.39, 0.29) is 12.5 Å². The molecule has 1 aromatic carbocycles. The summed E-state index contributed by atoms with van der Waals surface area (Å²) in [4.78, 5) is 16.0. The molecule has 0 spiro atoms. The molecule has 1 heterocycles. The average Bonchev–Trinajstić information content (AvgIpc) is 2.45. The molecule has 98 valence electrons. The Balaban J connectivity index is 2.00. The van der Waals surface area contributed by atoms with E-state index in [1.165, 1.54) is 0 Å². The van der Waals surface area contributed by atoms with Gasteiger partial charge in [0.25, 0.3) is 5.91 Å². The smallest absolute Gasteiger partial charge is 0.251 e. The van der Waals surface area contributed by atoms with Gasteiger partial charge in [0, 0.05) is 24.0 Å². The molecule has 0 saturated heterocycles. The summed E-state index contributed by atoms with van der Waals surface area (Å²) in [7, 11) is 0. The fourth-order valence-electron chi connectivity index (χ4n) is 1.81. The lowest BCUT2D eigenvalue weighted by molar-refractivity contribution is 0.0950. The molecule has 0 unspecified atom stereocenters. The van der Waals surface area contributed by atoms with Crippen LogP contribution in [0.4, 0.5) is 0 Å². The summed E-state index contributed by atoms with van der Waals surface area (Å²) in [5.41, 5.74) is 3.22. The van der Waals surface area contributed by atoms with Gasteiger partial charge in [0.1, 0.15) is 0 Å². The summed E-state index contributed by atoms with van der Waals surface area (Å²) < 4.78 is 0. The van der Waals surface area contributed by atoms with Crippen LogP contribution in [0.5, 0.6) is 0 Å². The Kier molecular flexibility index (Phi) is 4.26. The number of aryl methyl sites for hydroxylation is 1. The van der Waals surface area contributed by atoms with Gasteiger partial charge in [-0.05, 0) is 30.2 Å². The normalized spacial score (nSPS) is 10.2. The maximum absolute atomic E-state index is 11.9. The molecule has 0 aliphatic rings. The Labute approximate surface area is 112 Å². The zero-order chi connectivity index (χ0) is 13.7. The molecule has 2 aromatic rings. The maximum atomic E-state index is 11.9. The average molecular weight is 256 g/mol. The molecule has 0 aliphatic heterocycles. The molecule has 1 aromatic heterocycles. The van der Waals surface area contributed by atoms with Crippen LogP contribution < -0.4 is 5.32 Å². The predicted octanol–water partition coefficient (Wildman–Crippen LogP) is 1.81. The molecule has 2 rings (SSSR count). The fourth-order valence-corrected chi connectivity index (χ4v) is 1.81. The van der Waals surface area contributed by atoms with Gasteiger partial charge in [-0.1, -0.05) is 24.3 Å². The van der Waals surface area contributed by atoms with Gasteiger partial charge in [-0.25, -0.2) is 0 Å². The first-order valence-corrected chi connectivity index (χ1v) is 6.08. The van der Waals surface area contributed by atoms with Crippen molar-refractivity contribution in [3.8, 4) is 0 Å². The van der Waals surface area contributed by atoms with Crippen molar-refractivity contribution in [2.24, 2.45) is 0 Å². The van der Waals surface area contributed by atoms with E-state index in [4.69, 9.17) is 5.11 Å². The van der Waals surface area contributed by atoms with Crippen LogP contribution in [0.25, 0.3) is 0 Å². The van der Waals surface area contributed by atoms with Crippen molar-refractivity contribution >= 4 is 5.91 Å². The van der Waals surface area contributed by atoms with Gasteiger partial charge >= 0.3 is 0 Å². The molecule has 1 amide bonds. The molecule has 0 saturated carbocycles. The molecule has 0 radical (unpaired) electrons. The number of hydrogen-bond donors (Lipinski definition) is 2. The number of aliphatic hydroxyl groups excluding tert-OH is 1. The third-order valence-electron chi connectivity index (χ3n) is 2.79. The summed E-state index contributed by atoms with van der Waals surface area (Å²) in [5, 5.41) is 11.9. The second-order valence-corrected chi connectivity index (χ2v) is 4.35. The van der Waals surface area contributed by atoms with E-state index in [2.05, 4.69) is 10.3 Å². The van der Waals surface area contributed by atoms with Gasteiger partial charge in [-0.3, -0.25) is 9.78 Å². The minimum absolute atomic E-state index is 0.00529. The standard InChI is InChI=1S/C15H16N2O2/c1-11-7-14(5-6-16-11)15(19)17-9-12-3-2-4-13(8-12)10-18/h2-8,18H,9-10H2,1H3,(H,17,19). The second-order valence-electron chi connectivity index (χ2n) is 4.35. The van der Waals surface area contributed by atoms with Crippen molar-refractivity contribution in [2.45, 2.75) is 20.1 Å². The van der Waals surface area contributed by atoms with E-state index in [9.17, 15) is 4.79 Å². The lowest BCUT2D eigenvalue weighted by Crippen LogP contribution is -2.23. The molecule has 0 atom stereocenters. The summed E-state index contributed by atoms with van der Waals surface area (Å²) in [6, 6.07) is 10.9. The molecule has 4 heteroatoms. The quantitative estimate of drug-likeness (QED) is 0.877. The molecular weight excluding hydrogens is 240 g/mol. The van der Waals surface area contributed by atoms with E-state index in [1.54, 1.807) is 18.3 Å². The molecule has 19 heavy (non-hydrogen) atoms. The van der Waals surface area contributed by atoms with Gasteiger partial charge in [0.15, 0.2) is 0 Å². The van der Waals surface area contributed by atoms with Crippen LogP contribution >= 0.6 is 0 Å². The van der Waals surface area contributed by atoms with E-state index in [0.717, 1.165) is 16.8 Å². The van der Waals surface area contributed by atoms with Gasteiger partial charge in [-0.2, -0.15) is 0 Å².